The first-order chi connectivity index (χ1) is 10.1. The average Bonchev–Trinajstić information content (AvgIpc) is 2.53. The van der Waals surface area contributed by atoms with Gasteiger partial charge in [0.25, 0.3) is 0 Å². The summed E-state index contributed by atoms with van der Waals surface area (Å²) in [5, 5.41) is 9.03. The molecule has 0 fully saturated rings. The highest BCUT2D eigenvalue weighted by Crippen LogP contribution is 2.37. The fraction of sp³-hybridized carbons (Fsp3) is 0.278. The Bertz CT molecular complexity index is 590. The van der Waals surface area contributed by atoms with Crippen molar-refractivity contribution in [3.05, 3.63) is 65.7 Å². The molecule has 0 aromatic heterocycles. The van der Waals surface area contributed by atoms with Crippen molar-refractivity contribution in [1.82, 2.24) is 0 Å². The molecule has 0 aliphatic heterocycles. The number of carbonyl (C=O) groups is 1. The molecule has 0 bridgehead atoms. The number of hydrogen-bond donors (Lipinski definition) is 1. The van der Waals surface area contributed by atoms with Gasteiger partial charge in [-0.3, -0.25) is 4.79 Å². The molecule has 0 spiro atoms. The van der Waals surface area contributed by atoms with E-state index in [-0.39, 0.29) is 11.8 Å². The maximum Gasteiger partial charge on any atom is 0.303 e. The zero-order valence-corrected chi connectivity index (χ0v) is 12.4. The van der Waals surface area contributed by atoms with Crippen LogP contribution in [0, 0.1) is 0 Å². The van der Waals surface area contributed by atoms with Gasteiger partial charge in [-0.05, 0) is 29.7 Å². The fourth-order valence-electron chi connectivity index (χ4n) is 2.58. The first kappa shape index (κ1) is 15.1. The van der Waals surface area contributed by atoms with Crippen molar-refractivity contribution in [2.75, 3.05) is 7.11 Å². The van der Waals surface area contributed by atoms with Crippen molar-refractivity contribution in [3.63, 3.8) is 0 Å². The van der Waals surface area contributed by atoms with Gasteiger partial charge in [-0.1, -0.05) is 49.4 Å². The lowest BCUT2D eigenvalue weighted by Gasteiger charge is -2.30. The number of methoxy groups -OCH3 is 1. The summed E-state index contributed by atoms with van der Waals surface area (Å²) in [6.45, 7) is 2.09. The van der Waals surface area contributed by atoms with Gasteiger partial charge >= 0.3 is 5.97 Å². The SMILES string of the molecule is COc1ccc(C(C)(CCC(=O)O)c2ccccc2)cc1. The zero-order chi connectivity index (χ0) is 15.3. The van der Waals surface area contributed by atoms with Gasteiger partial charge in [-0.2, -0.15) is 0 Å². The standard InChI is InChI=1S/C18H20O3/c1-18(13-12-17(19)20,14-6-4-3-5-7-14)15-8-10-16(21-2)11-9-15/h3-11H,12-13H2,1-2H3,(H,19,20). The van der Waals surface area contributed by atoms with Crippen molar-refractivity contribution in [2.45, 2.75) is 25.2 Å². The molecule has 0 heterocycles. The number of carboxylic acid groups (broad SMARTS) is 1. The highest BCUT2D eigenvalue weighted by Gasteiger charge is 2.29. The van der Waals surface area contributed by atoms with E-state index in [4.69, 9.17) is 9.84 Å². The molecule has 3 nitrogen and oxygen atoms in total. The second kappa shape index (κ2) is 6.44. The van der Waals surface area contributed by atoms with E-state index >= 15 is 0 Å². The normalized spacial score (nSPS) is 13.4. The van der Waals surface area contributed by atoms with Crippen LogP contribution in [0.3, 0.4) is 0 Å². The van der Waals surface area contributed by atoms with Crippen LogP contribution in [0.4, 0.5) is 0 Å². The number of hydrogen-bond acceptors (Lipinski definition) is 2. The Balaban J connectivity index is 2.41. The number of rotatable bonds is 6. The van der Waals surface area contributed by atoms with Gasteiger partial charge in [-0.15, -0.1) is 0 Å². The predicted octanol–water partition coefficient (Wildman–Crippen LogP) is 3.87. The highest BCUT2D eigenvalue weighted by atomic mass is 16.5. The van der Waals surface area contributed by atoms with Crippen LogP contribution in [-0.4, -0.2) is 18.2 Å². The third-order valence-electron chi connectivity index (χ3n) is 3.98. The highest BCUT2D eigenvalue weighted by molar-refractivity contribution is 5.67. The minimum Gasteiger partial charge on any atom is -0.497 e. The van der Waals surface area contributed by atoms with Crippen LogP contribution in [-0.2, 0) is 10.2 Å². The summed E-state index contributed by atoms with van der Waals surface area (Å²) in [5.41, 5.74) is 1.89. The van der Waals surface area contributed by atoms with E-state index in [0.717, 1.165) is 16.9 Å². The Hall–Kier alpha value is -2.29. The smallest absolute Gasteiger partial charge is 0.303 e. The number of ether oxygens (including phenoxy) is 1. The molecule has 2 aromatic rings. The van der Waals surface area contributed by atoms with Gasteiger partial charge < -0.3 is 9.84 Å². The van der Waals surface area contributed by atoms with Crippen molar-refractivity contribution in [1.29, 1.82) is 0 Å². The summed E-state index contributed by atoms with van der Waals surface area (Å²) in [7, 11) is 1.63. The molecule has 0 amide bonds. The van der Waals surface area contributed by atoms with Crippen molar-refractivity contribution in [3.8, 4) is 5.75 Å². The quantitative estimate of drug-likeness (QED) is 0.876. The van der Waals surface area contributed by atoms with Crippen LogP contribution in [0.5, 0.6) is 5.75 Å². The second-order valence-electron chi connectivity index (χ2n) is 5.32. The zero-order valence-electron chi connectivity index (χ0n) is 12.4. The predicted molar refractivity (Wildman–Crippen MR) is 82.8 cm³/mol. The molecule has 1 unspecified atom stereocenters. The number of aliphatic carboxylic acids is 1. The van der Waals surface area contributed by atoms with Gasteiger partial charge in [0.1, 0.15) is 5.75 Å². The van der Waals surface area contributed by atoms with E-state index in [9.17, 15) is 4.79 Å². The largest absolute Gasteiger partial charge is 0.497 e. The second-order valence-corrected chi connectivity index (χ2v) is 5.32. The van der Waals surface area contributed by atoms with Crippen LogP contribution in [0.15, 0.2) is 54.6 Å². The number of benzene rings is 2. The molecule has 21 heavy (non-hydrogen) atoms. The Morgan fingerprint density at radius 3 is 2.14 bits per heavy atom. The molecule has 1 atom stereocenters. The minimum atomic E-state index is -0.773. The molecule has 0 saturated carbocycles. The molecule has 0 aliphatic rings. The maximum absolute atomic E-state index is 11.0. The molecule has 3 heteroatoms. The van der Waals surface area contributed by atoms with Gasteiger partial charge in [0.05, 0.1) is 7.11 Å². The lowest BCUT2D eigenvalue weighted by molar-refractivity contribution is -0.137. The van der Waals surface area contributed by atoms with E-state index < -0.39 is 5.97 Å². The third-order valence-corrected chi connectivity index (χ3v) is 3.98. The maximum atomic E-state index is 11.0. The molecule has 0 aliphatic carbocycles. The van der Waals surface area contributed by atoms with E-state index in [1.54, 1.807) is 7.11 Å². The Morgan fingerprint density at radius 1 is 1.05 bits per heavy atom. The molecule has 110 valence electrons. The molecule has 0 saturated heterocycles. The third kappa shape index (κ3) is 3.43. The minimum absolute atomic E-state index is 0.136. The first-order valence-electron chi connectivity index (χ1n) is 6.98. The average molecular weight is 284 g/mol. The molecule has 0 radical (unpaired) electrons. The molecular weight excluding hydrogens is 264 g/mol. The van der Waals surface area contributed by atoms with Crippen LogP contribution in [0.1, 0.15) is 30.9 Å². The van der Waals surface area contributed by atoms with Gasteiger partial charge in [0, 0.05) is 11.8 Å². The molecule has 2 aromatic carbocycles. The summed E-state index contributed by atoms with van der Waals surface area (Å²) >= 11 is 0. The molecule has 1 N–H and O–H groups in total. The molecular formula is C18H20O3. The van der Waals surface area contributed by atoms with Crippen LogP contribution >= 0.6 is 0 Å². The monoisotopic (exact) mass is 284 g/mol. The van der Waals surface area contributed by atoms with Gasteiger partial charge in [0.2, 0.25) is 0 Å². The van der Waals surface area contributed by atoms with E-state index in [0.29, 0.717) is 6.42 Å². The van der Waals surface area contributed by atoms with Crippen LogP contribution in [0.25, 0.3) is 0 Å². The lowest BCUT2D eigenvalue weighted by Crippen LogP contribution is -2.24. The summed E-state index contributed by atoms with van der Waals surface area (Å²) in [6.07, 6.45) is 0.691. The molecule has 2 rings (SSSR count). The summed E-state index contributed by atoms with van der Waals surface area (Å²) < 4.78 is 5.19. The van der Waals surface area contributed by atoms with Crippen LogP contribution < -0.4 is 4.74 Å². The number of carboxylic acids is 1. The summed E-state index contributed by atoms with van der Waals surface area (Å²) in [5.74, 6) is 0.0260. The Labute approximate surface area is 125 Å². The van der Waals surface area contributed by atoms with Crippen molar-refractivity contribution < 1.29 is 14.6 Å². The van der Waals surface area contributed by atoms with E-state index in [2.05, 4.69) is 6.92 Å². The van der Waals surface area contributed by atoms with Crippen molar-refractivity contribution >= 4 is 5.97 Å². The van der Waals surface area contributed by atoms with E-state index in [1.165, 1.54) is 0 Å². The Kier molecular flexibility index (Phi) is 4.63. The topological polar surface area (TPSA) is 46.5 Å². The summed E-state index contributed by atoms with van der Waals surface area (Å²) in [4.78, 5) is 11.0. The lowest BCUT2D eigenvalue weighted by atomic mass is 9.73. The summed E-state index contributed by atoms with van der Waals surface area (Å²) in [6, 6.07) is 17.9. The van der Waals surface area contributed by atoms with E-state index in [1.807, 2.05) is 54.6 Å². The van der Waals surface area contributed by atoms with Gasteiger partial charge in [-0.25, -0.2) is 0 Å². The first-order valence-corrected chi connectivity index (χ1v) is 6.98. The van der Waals surface area contributed by atoms with Gasteiger partial charge in [0.15, 0.2) is 0 Å². The fourth-order valence-corrected chi connectivity index (χ4v) is 2.58. The van der Waals surface area contributed by atoms with Crippen LogP contribution in [0.2, 0.25) is 0 Å². The van der Waals surface area contributed by atoms with Crippen molar-refractivity contribution in [2.24, 2.45) is 0 Å². The Morgan fingerprint density at radius 2 is 1.62 bits per heavy atom.